The molecular weight excluding hydrogens is 214 g/mol. The summed E-state index contributed by atoms with van der Waals surface area (Å²) in [6.07, 6.45) is 0. The van der Waals surface area contributed by atoms with Gasteiger partial charge in [-0.1, -0.05) is 4.89 Å². The fourth-order valence-electron chi connectivity index (χ4n) is 0.737. The molecule has 7 nitrogen and oxygen atoms in total. The number of carbonyl (C=O) groups excluding carboxylic acids is 1. The highest BCUT2D eigenvalue weighted by Gasteiger charge is 2.19. The summed E-state index contributed by atoms with van der Waals surface area (Å²) in [6, 6.07) is 2.07. The quantitative estimate of drug-likeness (QED) is 0.449. The van der Waals surface area contributed by atoms with E-state index in [9.17, 15) is 13.2 Å². The van der Waals surface area contributed by atoms with Crippen LogP contribution in [-0.4, -0.2) is 31.1 Å². The average molecular weight is 221 g/mol. The molecule has 1 aromatic rings. The molecule has 0 saturated heterocycles. The van der Waals surface area contributed by atoms with Crippen LogP contribution < -0.4 is 4.89 Å². The van der Waals surface area contributed by atoms with Crippen LogP contribution in [0.3, 0.4) is 0 Å². The van der Waals surface area contributed by atoms with Crippen LogP contribution in [0.25, 0.3) is 0 Å². The molecule has 1 rings (SSSR count). The summed E-state index contributed by atoms with van der Waals surface area (Å²) in [4.78, 5) is 11.9. The van der Waals surface area contributed by atoms with E-state index in [2.05, 4.69) is 4.42 Å². The third-order valence-electron chi connectivity index (χ3n) is 1.38. The lowest BCUT2D eigenvalue weighted by Crippen LogP contribution is -2.18. The number of aliphatic hydroxyl groups is 1. The van der Waals surface area contributed by atoms with Gasteiger partial charge in [0.2, 0.25) is 10.9 Å². The van der Waals surface area contributed by atoms with Crippen molar-refractivity contribution in [3.05, 3.63) is 17.9 Å². The number of furan rings is 1. The maximum atomic E-state index is 10.9. The Balaban J connectivity index is 3.06. The maximum absolute atomic E-state index is 10.9. The molecule has 3 N–H and O–H groups in total. The monoisotopic (exact) mass is 221 g/mol. The first-order valence-corrected chi connectivity index (χ1v) is 4.89. The summed E-state index contributed by atoms with van der Waals surface area (Å²) in [5, 5.41) is 16.1. The molecule has 78 valence electrons. The van der Waals surface area contributed by atoms with E-state index in [1.54, 1.807) is 0 Å². The van der Waals surface area contributed by atoms with Crippen LogP contribution in [0.5, 0.6) is 0 Å². The molecule has 0 aliphatic heterocycles. The minimum absolute atomic E-state index is 0.290. The molecular formula is C6H7NO6S. The number of ketones is 1. The van der Waals surface area contributed by atoms with E-state index < -0.39 is 27.5 Å². The lowest BCUT2D eigenvalue weighted by Gasteiger charge is -1.95. The van der Waals surface area contributed by atoms with Gasteiger partial charge in [-0.15, -0.1) is 0 Å². The van der Waals surface area contributed by atoms with Crippen LogP contribution in [0.15, 0.2) is 21.6 Å². The Hall–Kier alpha value is -1.22. The van der Waals surface area contributed by atoms with Crippen LogP contribution in [-0.2, 0) is 10.0 Å². The van der Waals surface area contributed by atoms with Crippen molar-refractivity contribution in [3.63, 3.8) is 0 Å². The smallest absolute Gasteiger partial charge is 0.295 e. The van der Waals surface area contributed by atoms with E-state index in [1.807, 2.05) is 0 Å². The molecule has 0 aromatic carbocycles. The van der Waals surface area contributed by atoms with Gasteiger partial charge in [0.25, 0.3) is 10.0 Å². The van der Waals surface area contributed by atoms with Crippen molar-refractivity contribution in [2.45, 2.75) is 5.09 Å². The second kappa shape index (κ2) is 3.88. The number of carbonyl (C=O) groups is 1. The minimum Gasteiger partial charge on any atom is -0.440 e. The normalized spacial score (nSPS) is 11.6. The van der Waals surface area contributed by atoms with Crippen LogP contribution >= 0.6 is 0 Å². The van der Waals surface area contributed by atoms with Gasteiger partial charge in [-0.2, -0.15) is 0 Å². The maximum Gasteiger partial charge on any atom is 0.295 e. The topological polar surface area (TPSA) is 117 Å². The Bertz CT molecular complexity index is 433. The van der Waals surface area contributed by atoms with Crippen molar-refractivity contribution < 1.29 is 27.9 Å². The minimum atomic E-state index is -4.11. The molecule has 0 fully saturated rings. The van der Waals surface area contributed by atoms with E-state index in [1.165, 1.54) is 0 Å². The number of hydrogen-bond donors (Lipinski definition) is 3. The first-order valence-electron chi connectivity index (χ1n) is 3.41. The molecule has 0 saturated carbocycles. The van der Waals surface area contributed by atoms with Gasteiger partial charge in [0.05, 0.1) is 0 Å². The van der Waals surface area contributed by atoms with Crippen molar-refractivity contribution in [1.82, 2.24) is 4.89 Å². The predicted octanol–water partition coefficient (Wildman–Crippen LogP) is -0.878. The molecule has 0 amide bonds. The largest absolute Gasteiger partial charge is 0.440 e. The summed E-state index contributed by atoms with van der Waals surface area (Å²) >= 11 is 0. The van der Waals surface area contributed by atoms with Crippen LogP contribution in [0.4, 0.5) is 0 Å². The lowest BCUT2D eigenvalue weighted by molar-refractivity contribution is 0.0870. The van der Waals surface area contributed by atoms with Crippen molar-refractivity contribution in [1.29, 1.82) is 0 Å². The summed E-state index contributed by atoms with van der Waals surface area (Å²) in [5.74, 6) is -1.04. The number of aliphatic hydroxyl groups excluding tert-OH is 1. The third kappa shape index (κ3) is 1.99. The van der Waals surface area contributed by atoms with Gasteiger partial charge in [0, 0.05) is 0 Å². The van der Waals surface area contributed by atoms with Crippen LogP contribution in [0.2, 0.25) is 0 Å². The lowest BCUT2D eigenvalue weighted by atomic mass is 10.3. The van der Waals surface area contributed by atoms with Crippen LogP contribution in [0.1, 0.15) is 10.6 Å². The SMILES string of the molecule is O=C(CO)c1ccc(S(=O)(=O)NO)o1. The standard InChI is InChI=1S/C6H7NO6S/c8-3-4(9)5-1-2-6(13-5)14(11,12)7-10/h1-2,7-8,10H,3H2. The molecule has 0 aliphatic rings. The van der Waals surface area contributed by atoms with Gasteiger partial charge in [-0.3, -0.25) is 4.79 Å². The van der Waals surface area contributed by atoms with E-state index in [-0.39, 0.29) is 5.76 Å². The molecule has 14 heavy (non-hydrogen) atoms. The fourth-order valence-corrected chi connectivity index (χ4v) is 1.27. The Morgan fingerprint density at radius 3 is 2.64 bits per heavy atom. The molecule has 0 bridgehead atoms. The number of Topliss-reactive ketones (excluding diaryl/α,β-unsaturated/α-hetero) is 1. The Labute approximate surface area is 79.0 Å². The number of nitrogens with one attached hydrogen (secondary N) is 1. The zero-order valence-electron chi connectivity index (χ0n) is 6.80. The van der Waals surface area contributed by atoms with Crippen molar-refractivity contribution in [2.75, 3.05) is 6.61 Å². The first kappa shape index (κ1) is 10.9. The number of sulfonamides is 1. The van der Waals surface area contributed by atoms with Crippen molar-refractivity contribution in [3.8, 4) is 0 Å². The van der Waals surface area contributed by atoms with Crippen molar-refractivity contribution in [2.24, 2.45) is 0 Å². The first-order chi connectivity index (χ1) is 6.51. The van der Waals surface area contributed by atoms with Gasteiger partial charge in [-0.05, 0) is 12.1 Å². The second-order valence-electron chi connectivity index (χ2n) is 2.29. The summed E-state index contributed by atoms with van der Waals surface area (Å²) in [7, 11) is -4.11. The summed E-state index contributed by atoms with van der Waals surface area (Å²) < 4.78 is 26.4. The Kier molecular flexibility index (Phi) is 3.01. The zero-order chi connectivity index (χ0) is 10.8. The number of hydrogen-bond acceptors (Lipinski definition) is 6. The average Bonchev–Trinajstić information content (AvgIpc) is 2.66. The molecule has 0 aliphatic carbocycles. The zero-order valence-corrected chi connectivity index (χ0v) is 7.61. The van der Waals surface area contributed by atoms with Gasteiger partial charge >= 0.3 is 0 Å². The highest BCUT2D eigenvalue weighted by atomic mass is 32.2. The van der Waals surface area contributed by atoms with Gasteiger partial charge in [0.15, 0.2) is 5.76 Å². The molecule has 0 unspecified atom stereocenters. The predicted molar refractivity (Wildman–Crippen MR) is 42.2 cm³/mol. The van der Waals surface area contributed by atoms with E-state index in [0.29, 0.717) is 0 Å². The highest BCUT2D eigenvalue weighted by Crippen LogP contribution is 2.13. The molecule has 1 aromatic heterocycles. The van der Waals surface area contributed by atoms with Gasteiger partial charge < -0.3 is 14.7 Å². The molecule has 0 radical (unpaired) electrons. The second-order valence-corrected chi connectivity index (χ2v) is 3.89. The molecule has 0 atom stereocenters. The summed E-state index contributed by atoms with van der Waals surface area (Å²) in [5.41, 5.74) is 0. The van der Waals surface area contributed by atoms with Gasteiger partial charge in [0.1, 0.15) is 6.61 Å². The number of rotatable bonds is 4. The van der Waals surface area contributed by atoms with E-state index in [4.69, 9.17) is 10.3 Å². The molecule has 0 spiro atoms. The van der Waals surface area contributed by atoms with Crippen molar-refractivity contribution >= 4 is 15.8 Å². The van der Waals surface area contributed by atoms with Crippen LogP contribution in [0, 0.1) is 0 Å². The Morgan fingerprint density at radius 2 is 2.14 bits per heavy atom. The summed E-state index contributed by atoms with van der Waals surface area (Å²) in [6.45, 7) is -0.778. The Morgan fingerprint density at radius 1 is 1.50 bits per heavy atom. The van der Waals surface area contributed by atoms with E-state index >= 15 is 0 Å². The highest BCUT2D eigenvalue weighted by molar-refractivity contribution is 7.89. The molecule has 8 heteroatoms. The fraction of sp³-hybridized carbons (Fsp3) is 0.167. The van der Waals surface area contributed by atoms with E-state index in [0.717, 1.165) is 17.0 Å². The molecule has 1 heterocycles. The van der Waals surface area contributed by atoms with Gasteiger partial charge in [-0.25, -0.2) is 8.42 Å². The third-order valence-corrected chi connectivity index (χ3v) is 2.37.